The number of hydrogen-bond donors (Lipinski definition) is 2. The smallest absolute Gasteiger partial charge is 0.211 e. The molecule has 4 aromatic rings. The van der Waals surface area contributed by atoms with E-state index < -0.39 is 0 Å². The van der Waals surface area contributed by atoms with Gasteiger partial charge in [-0.3, -0.25) is 4.79 Å². The van der Waals surface area contributed by atoms with Crippen LogP contribution < -0.4 is 25.0 Å². The van der Waals surface area contributed by atoms with E-state index in [1.165, 1.54) is 12.8 Å². The molecule has 0 aliphatic heterocycles. The van der Waals surface area contributed by atoms with Gasteiger partial charge in [-0.25, -0.2) is 9.97 Å². The molecule has 0 bridgehead atoms. The zero-order chi connectivity index (χ0) is 27.7. The third-order valence-corrected chi connectivity index (χ3v) is 7.61. The number of aryl methyl sites for hydroxylation is 1. The van der Waals surface area contributed by atoms with Gasteiger partial charge in [-0.15, -0.1) is 0 Å². The molecule has 1 amide bonds. The van der Waals surface area contributed by atoms with E-state index >= 15 is 0 Å². The summed E-state index contributed by atoms with van der Waals surface area (Å²) < 4.78 is 11.0. The summed E-state index contributed by atoms with van der Waals surface area (Å²) >= 11 is 13.5. The molecule has 5 rings (SSSR count). The number of hydrogen-bond acceptors (Lipinski definition) is 7. The molecule has 202 valence electrons. The number of nitrogens with zero attached hydrogens (tertiary/aromatic N) is 3. The predicted molar refractivity (Wildman–Crippen MR) is 158 cm³/mol. The molecule has 1 aliphatic carbocycles. The van der Waals surface area contributed by atoms with Crippen LogP contribution in [0.1, 0.15) is 18.4 Å². The van der Waals surface area contributed by atoms with E-state index in [9.17, 15) is 4.79 Å². The minimum Gasteiger partial charge on any atom is -0.495 e. The van der Waals surface area contributed by atoms with Crippen molar-refractivity contribution in [3.63, 3.8) is 0 Å². The zero-order valence-electron chi connectivity index (χ0n) is 22.1. The van der Waals surface area contributed by atoms with Crippen molar-refractivity contribution in [3.05, 3.63) is 58.2 Å². The highest BCUT2D eigenvalue weighted by atomic mass is 35.5. The second-order valence-electron chi connectivity index (χ2n) is 9.61. The maximum Gasteiger partial charge on any atom is 0.211 e. The number of ether oxygens (including phenoxy) is 2. The third-order valence-electron chi connectivity index (χ3n) is 6.85. The first-order chi connectivity index (χ1) is 18.8. The molecule has 2 heterocycles. The summed E-state index contributed by atoms with van der Waals surface area (Å²) in [5.41, 5.74) is 3.54. The minimum absolute atomic E-state index is 0.354. The largest absolute Gasteiger partial charge is 0.495 e. The SMILES string of the molecule is COc1cc(OC)c(Cl)c(-c2cc3cnc(Nc4c(C)cccc4NC=O)cc3c(N(C)CC3CC3)n2)c1Cl. The van der Waals surface area contributed by atoms with Crippen LogP contribution >= 0.6 is 23.2 Å². The Morgan fingerprint density at radius 2 is 1.82 bits per heavy atom. The number of rotatable bonds is 10. The Morgan fingerprint density at radius 1 is 1.10 bits per heavy atom. The van der Waals surface area contributed by atoms with Crippen molar-refractivity contribution < 1.29 is 14.3 Å². The molecule has 1 aliphatic rings. The molecule has 8 nitrogen and oxygen atoms in total. The van der Waals surface area contributed by atoms with Gasteiger partial charge >= 0.3 is 0 Å². The Bertz CT molecular complexity index is 1530. The maximum absolute atomic E-state index is 11.2. The lowest BCUT2D eigenvalue weighted by Crippen LogP contribution is -2.21. The van der Waals surface area contributed by atoms with Crippen molar-refractivity contribution in [2.24, 2.45) is 5.92 Å². The van der Waals surface area contributed by atoms with E-state index in [0.717, 1.165) is 34.4 Å². The number of aromatic nitrogens is 2. The van der Waals surface area contributed by atoms with Gasteiger partial charge in [0.25, 0.3) is 0 Å². The van der Waals surface area contributed by atoms with E-state index in [1.807, 2.05) is 44.3 Å². The molecular formula is C29H29Cl2N5O3. The van der Waals surface area contributed by atoms with E-state index in [-0.39, 0.29) is 0 Å². The highest BCUT2D eigenvalue weighted by Gasteiger charge is 2.26. The molecule has 0 spiro atoms. The summed E-state index contributed by atoms with van der Waals surface area (Å²) in [6.45, 7) is 2.85. The number of fused-ring (bicyclic) bond motifs is 1. The summed E-state index contributed by atoms with van der Waals surface area (Å²) in [6.07, 6.45) is 4.87. The van der Waals surface area contributed by atoms with Crippen LogP contribution in [-0.4, -0.2) is 44.2 Å². The third kappa shape index (κ3) is 5.40. The van der Waals surface area contributed by atoms with Gasteiger partial charge in [0.15, 0.2) is 0 Å². The standard InChI is InChI=1S/C29H29Cl2N5O3/c1-16-6-5-7-20(33-15-37)28(16)35-24-11-19-18(13-32-24)10-21(34-29(19)36(2)14-17-8-9-17)25-26(30)22(38-3)12-23(39-4)27(25)31/h5-7,10-13,15,17H,8-9,14H2,1-4H3,(H,32,35)(H,33,37). The molecule has 1 saturated carbocycles. The number of methoxy groups -OCH3 is 2. The summed E-state index contributed by atoms with van der Waals surface area (Å²) in [5.74, 6) is 2.94. The predicted octanol–water partition coefficient (Wildman–Crippen LogP) is 7.09. The van der Waals surface area contributed by atoms with Crippen LogP contribution in [0.4, 0.5) is 23.0 Å². The van der Waals surface area contributed by atoms with Crippen LogP contribution in [0.5, 0.6) is 11.5 Å². The highest BCUT2D eigenvalue weighted by molar-refractivity contribution is 6.41. The fourth-order valence-electron chi connectivity index (χ4n) is 4.65. The number of carbonyl (C=O) groups is 1. The van der Waals surface area contributed by atoms with Crippen LogP contribution in [0.25, 0.3) is 22.0 Å². The molecular weight excluding hydrogens is 537 g/mol. The molecule has 2 N–H and O–H groups in total. The lowest BCUT2D eigenvalue weighted by atomic mass is 10.1. The van der Waals surface area contributed by atoms with Gasteiger partial charge in [0.05, 0.1) is 41.3 Å². The van der Waals surface area contributed by atoms with E-state index in [0.29, 0.717) is 56.6 Å². The normalized spacial score (nSPS) is 12.8. The van der Waals surface area contributed by atoms with E-state index in [1.54, 1.807) is 26.5 Å². The molecule has 0 atom stereocenters. The first-order valence-corrected chi connectivity index (χ1v) is 13.3. The number of nitrogens with one attached hydrogen (secondary N) is 2. The molecule has 2 aromatic heterocycles. The molecule has 1 fully saturated rings. The Morgan fingerprint density at radius 3 is 2.46 bits per heavy atom. The number of anilines is 4. The second kappa shape index (κ2) is 11.2. The average Bonchev–Trinajstić information content (AvgIpc) is 3.74. The number of benzene rings is 2. The molecule has 39 heavy (non-hydrogen) atoms. The van der Waals surface area contributed by atoms with Gasteiger partial charge < -0.3 is 25.0 Å². The summed E-state index contributed by atoms with van der Waals surface area (Å²) in [5, 5.41) is 8.62. The topological polar surface area (TPSA) is 88.6 Å². The molecule has 10 heteroatoms. The molecule has 0 radical (unpaired) electrons. The van der Waals surface area contributed by atoms with Gasteiger partial charge in [0.2, 0.25) is 6.41 Å². The van der Waals surface area contributed by atoms with E-state index in [4.69, 9.17) is 37.7 Å². The first kappa shape index (κ1) is 26.8. The summed E-state index contributed by atoms with van der Waals surface area (Å²) in [6, 6.07) is 11.2. The summed E-state index contributed by atoms with van der Waals surface area (Å²) in [7, 11) is 5.13. The van der Waals surface area contributed by atoms with Gasteiger partial charge in [-0.1, -0.05) is 35.3 Å². The van der Waals surface area contributed by atoms with Crippen molar-refractivity contribution in [3.8, 4) is 22.8 Å². The monoisotopic (exact) mass is 565 g/mol. The second-order valence-corrected chi connectivity index (χ2v) is 10.4. The van der Waals surface area contributed by atoms with Crippen LogP contribution in [0.3, 0.4) is 0 Å². The van der Waals surface area contributed by atoms with Gasteiger partial charge in [-0.2, -0.15) is 0 Å². The Balaban J connectivity index is 1.66. The van der Waals surface area contributed by atoms with Crippen LogP contribution in [0.2, 0.25) is 10.0 Å². The quantitative estimate of drug-likeness (QED) is 0.198. The zero-order valence-corrected chi connectivity index (χ0v) is 23.7. The molecule has 0 saturated heterocycles. The maximum atomic E-state index is 11.2. The number of carbonyl (C=O) groups excluding carboxylic acids is 1. The average molecular weight is 566 g/mol. The number of halogens is 2. The van der Waals surface area contributed by atoms with E-state index in [2.05, 4.69) is 20.5 Å². The van der Waals surface area contributed by atoms with Crippen molar-refractivity contribution >= 4 is 63.4 Å². The minimum atomic E-state index is 0.354. The Hall–Kier alpha value is -3.75. The summed E-state index contributed by atoms with van der Waals surface area (Å²) in [4.78, 5) is 23.1. The van der Waals surface area contributed by atoms with Crippen LogP contribution in [0.15, 0.2) is 42.6 Å². The fraction of sp³-hybridized carbons (Fsp3) is 0.276. The van der Waals surface area contributed by atoms with Crippen LogP contribution in [0, 0.1) is 12.8 Å². The molecule has 2 aromatic carbocycles. The molecule has 0 unspecified atom stereocenters. The van der Waals surface area contributed by atoms with Crippen molar-refractivity contribution in [1.29, 1.82) is 0 Å². The Kier molecular flexibility index (Phi) is 7.68. The lowest BCUT2D eigenvalue weighted by molar-refractivity contribution is -0.105. The number of para-hydroxylation sites is 1. The van der Waals surface area contributed by atoms with Gasteiger partial charge in [0.1, 0.15) is 23.1 Å². The van der Waals surface area contributed by atoms with Crippen molar-refractivity contribution in [2.75, 3.05) is 43.3 Å². The van der Waals surface area contributed by atoms with Crippen LogP contribution in [-0.2, 0) is 4.79 Å². The fourth-order valence-corrected chi connectivity index (χ4v) is 5.34. The Labute approximate surface area is 237 Å². The van der Waals surface area contributed by atoms with Crippen molar-refractivity contribution in [2.45, 2.75) is 19.8 Å². The van der Waals surface area contributed by atoms with Gasteiger partial charge in [0, 0.05) is 42.2 Å². The highest BCUT2D eigenvalue weighted by Crippen LogP contribution is 2.47. The number of amides is 1. The van der Waals surface area contributed by atoms with Crippen molar-refractivity contribution in [1.82, 2.24) is 9.97 Å². The number of pyridine rings is 2. The van der Waals surface area contributed by atoms with Gasteiger partial charge in [-0.05, 0) is 49.4 Å². The first-order valence-electron chi connectivity index (χ1n) is 12.5. The lowest BCUT2D eigenvalue weighted by Gasteiger charge is -2.22.